The zero-order valence-corrected chi connectivity index (χ0v) is 12.1. The highest BCUT2D eigenvalue weighted by atomic mass is 35.5. The molecule has 0 amide bonds. The molecule has 0 fully saturated rings. The van der Waals surface area contributed by atoms with Gasteiger partial charge in [-0.15, -0.1) is 0 Å². The normalized spacial score (nSPS) is 10.1. The van der Waals surface area contributed by atoms with Crippen LogP contribution >= 0.6 is 35.6 Å². The summed E-state index contributed by atoms with van der Waals surface area (Å²) in [4.78, 5) is 10.3. The molecule has 2 N–H and O–H groups in total. The Balaban J connectivity index is 2.15. The Kier molecular flexibility index (Phi) is 7.08. The number of rotatable bonds is 6. The largest absolute Gasteiger partial charge is 0.481 e. The second-order valence-corrected chi connectivity index (χ2v) is 5.79. The zero-order valence-electron chi connectivity index (χ0n) is 9.69. The van der Waals surface area contributed by atoms with Crippen LogP contribution in [0.2, 0.25) is 5.02 Å². The number of benzene rings is 1. The predicted molar refractivity (Wildman–Crippen MR) is 80.5 cm³/mol. The van der Waals surface area contributed by atoms with Crippen LogP contribution in [0.15, 0.2) is 24.3 Å². The quantitative estimate of drug-likeness (QED) is 0.791. The number of thiocarbonyl (C=S) groups is 1. The maximum absolute atomic E-state index is 10.3. The Morgan fingerprint density at radius 1 is 1.39 bits per heavy atom. The van der Waals surface area contributed by atoms with E-state index >= 15 is 0 Å². The average Bonchev–Trinajstić information content (AvgIpc) is 2.31. The maximum Gasteiger partial charge on any atom is 0.304 e. The lowest BCUT2D eigenvalue weighted by Crippen LogP contribution is -2.21. The molecule has 0 bridgehead atoms. The van der Waals surface area contributed by atoms with Crippen LogP contribution in [0.4, 0.5) is 0 Å². The molecule has 0 unspecified atom stereocenters. The van der Waals surface area contributed by atoms with Gasteiger partial charge in [0.1, 0.15) is 4.32 Å². The van der Waals surface area contributed by atoms with Crippen molar-refractivity contribution >= 4 is 45.9 Å². The maximum atomic E-state index is 10.3. The summed E-state index contributed by atoms with van der Waals surface area (Å²) < 4.78 is 0.644. The Labute approximate surface area is 121 Å². The van der Waals surface area contributed by atoms with E-state index in [4.69, 9.17) is 28.9 Å². The Hall–Kier alpha value is -0.780. The minimum Gasteiger partial charge on any atom is -0.481 e. The van der Waals surface area contributed by atoms with E-state index < -0.39 is 5.97 Å². The minimum absolute atomic E-state index is 0.129. The smallest absolute Gasteiger partial charge is 0.304 e. The van der Waals surface area contributed by atoms with Crippen molar-refractivity contribution in [3.63, 3.8) is 0 Å². The fourth-order valence-corrected chi connectivity index (χ4v) is 2.39. The van der Waals surface area contributed by atoms with E-state index in [1.165, 1.54) is 17.3 Å². The number of hydrogen-bond donors (Lipinski definition) is 2. The van der Waals surface area contributed by atoms with Crippen molar-refractivity contribution in [3.05, 3.63) is 34.9 Å². The first kappa shape index (κ1) is 15.3. The van der Waals surface area contributed by atoms with Gasteiger partial charge in [-0.25, -0.2) is 0 Å². The van der Waals surface area contributed by atoms with Gasteiger partial charge in [0.05, 0.1) is 6.42 Å². The summed E-state index contributed by atoms with van der Waals surface area (Å²) in [6.45, 7) is 0.737. The number of nitrogens with one attached hydrogen (secondary N) is 1. The van der Waals surface area contributed by atoms with Gasteiger partial charge in [0.2, 0.25) is 0 Å². The molecule has 0 aliphatic rings. The number of thioether (sulfide) groups is 1. The van der Waals surface area contributed by atoms with E-state index in [1.54, 1.807) is 0 Å². The van der Waals surface area contributed by atoms with Crippen molar-refractivity contribution in [3.8, 4) is 0 Å². The molecule has 1 aromatic rings. The van der Waals surface area contributed by atoms with Gasteiger partial charge in [0.25, 0.3) is 0 Å². The molecule has 0 radical (unpaired) electrons. The predicted octanol–water partition coefficient (Wildman–Crippen LogP) is 2.96. The van der Waals surface area contributed by atoms with Crippen molar-refractivity contribution in [2.75, 3.05) is 12.3 Å². The van der Waals surface area contributed by atoms with Gasteiger partial charge < -0.3 is 10.4 Å². The van der Waals surface area contributed by atoms with Crippen molar-refractivity contribution in [1.29, 1.82) is 0 Å². The van der Waals surface area contributed by atoms with Gasteiger partial charge in [-0.1, -0.05) is 47.7 Å². The third kappa shape index (κ3) is 6.83. The highest BCUT2D eigenvalue weighted by Crippen LogP contribution is 2.10. The fourth-order valence-electron chi connectivity index (χ4n) is 1.24. The molecule has 0 atom stereocenters. The van der Waals surface area contributed by atoms with Crippen LogP contribution in [0, 0.1) is 0 Å². The van der Waals surface area contributed by atoms with E-state index in [0.717, 1.165) is 18.0 Å². The van der Waals surface area contributed by atoms with Crippen molar-refractivity contribution in [1.82, 2.24) is 5.32 Å². The average molecular weight is 304 g/mol. The molecule has 0 aliphatic carbocycles. The fraction of sp³-hybridized carbons (Fsp3) is 0.333. The summed E-state index contributed by atoms with van der Waals surface area (Å²) in [7, 11) is 0. The SMILES string of the molecule is O=C(O)CCSC(=S)NCCc1ccc(Cl)cc1. The van der Waals surface area contributed by atoms with Crippen LogP contribution < -0.4 is 5.32 Å². The topological polar surface area (TPSA) is 49.3 Å². The summed E-state index contributed by atoms with van der Waals surface area (Å²) in [5.41, 5.74) is 1.19. The Morgan fingerprint density at radius 3 is 2.67 bits per heavy atom. The number of carbonyl (C=O) groups is 1. The first-order valence-corrected chi connectivity index (χ1v) is 7.22. The number of carboxylic acid groups (broad SMARTS) is 1. The third-order valence-corrected chi connectivity index (χ3v) is 3.71. The summed E-state index contributed by atoms with van der Waals surface area (Å²) in [5.74, 6) is -0.297. The first-order valence-electron chi connectivity index (χ1n) is 5.45. The molecular weight excluding hydrogens is 290 g/mol. The van der Waals surface area contributed by atoms with Crippen LogP contribution in [0.3, 0.4) is 0 Å². The first-order chi connectivity index (χ1) is 8.58. The molecule has 0 spiro atoms. The highest BCUT2D eigenvalue weighted by Gasteiger charge is 2.01. The standard InChI is InChI=1S/C12H14ClNO2S2/c13-10-3-1-9(2-4-10)5-7-14-12(17)18-8-6-11(15)16/h1-4H,5-8H2,(H,14,17)(H,15,16). The molecule has 6 heteroatoms. The lowest BCUT2D eigenvalue weighted by atomic mass is 10.1. The Morgan fingerprint density at radius 2 is 2.06 bits per heavy atom. The van der Waals surface area contributed by atoms with E-state index in [2.05, 4.69) is 5.32 Å². The molecule has 0 aromatic heterocycles. The van der Waals surface area contributed by atoms with E-state index in [1.807, 2.05) is 24.3 Å². The summed E-state index contributed by atoms with van der Waals surface area (Å²) >= 11 is 12.2. The molecular formula is C12H14ClNO2S2. The van der Waals surface area contributed by atoms with E-state index in [9.17, 15) is 4.79 Å². The van der Waals surface area contributed by atoms with Crippen molar-refractivity contribution in [2.45, 2.75) is 12.8 Å². The van der Waals surface area contributed by atoms with Gasteiger partial charge in [0.15, 0.2) is 0 Å². The minimum atomic E-state index is -0.800. The number of aliphatic carboxylic acids is 1. The monoisotopic (exact) mass is 303 g/mol. The lowest BCUT2D eigenvalue weighted by molar-refractivity contribution is -0.136. The van der Waals surface area contributed by atoms with E-state index in [-0.39, 0.29) is 6.42 Å². The number of halogens is 1. The zero-order chi connectivity index (χ0) is 13.4. The molecule has 0 aliphatic heterocycles. The number of carboxylic acids is 1. The third-order valence-electron chi connectivity index (χ3n) is 2.15. The molecule has 3 nitrogen and oxygen atoms in total. The second-order valence-electron chi connectivity index (χ2n) is 3.58. The van der Waals surface area contributed by atoms with Crippen molar-refractivity contribution < 1.29 is 9.90 Å². The lowest BCUT2D eigenvalue weighted by Gasteiger charge is -2.06. The highest BCUT2D eigenvalue weighted by molar-refractivity contribution is 8.22. The summed E-state index contributed by atoms with van der Waals surface area (Å²) in [6, 6.07) is 7.67. The van der Waals surface area contributed by atoms with Crippen LogP contribution in [0.25, 0.3) is 0 Å². The van der Waals surface area contributed by atoms with Crippen LogP contribution in [-0.2, 0) is 11.2 Å². The van der Waals surface area contributed by atoms with Gasteiger partial charge in [-0.2, -0.15) is 0 Å². The molecule has 0 saturated carbocycles. The molecule has 1 rings (SSSR count). The van der Waals surface area contributed by atoms with Gasteiger partial charge >= 0.3 is 5.97 Å². The summed E-state index contributed by atoms with van der Waals surface area (Å²) in [6.07, 6.45) is 0.987. The molecule has 98 valence electrons. The van der Waals surface area contributed by atoms with Gasteiger partial charge in [-0.05, 0) is 24.1 Å². The van der Waals surface area contributed by atoms with Crippen LogP contribution in [0.5, 0.6) is 0 Å². The van der Waals surface area contributed by atoms with Crippen molar-refractivity contribution in [2.24, 2.45) is 0 Å². The van der Waals surface area contributed by atoms with Crippen LogP contribution in [-0.4, -0.2) is 27.7 Å². The van der Waals surface area contributed by atoms with Gasteiger partial charge in [-0.3, -0.25) is 4.79 Å². The molecule has 18 heavy (non-hydrogen) atoms. The molecule has 0 heterocycles. The molecule has 1 aromatic carbocycles. The van der Waals surface area contributed by atoms with Crippen LogP contribution in [0.1, 0.15) is 12.0 Å². The Bertz CT molecular complexity index is 409. The van der Waals surface area contributed by atoms with Gasteiger partial charge in [0, 0.05) is 17.3 Å². The van der Waals surface area contributed by atoms with E-state index in [0.29, 0.717) is 10.1 Å². The second kappa shape index (κ2) is 8.34. The number of hydrogen-bond acceptors (Lipinski definition) is 3. The summed E-state index contributed by atoms with van der Waals surface area (Å²) in [5, 5.41) is 12.3. The molecule has 0 saturated heterocycles.